The van der Waals surface area contributed by atoms with E-state index in [9.17, 15) is 13.6 Å². The van der Waals surface area contributed by atoms with E-state index in [0.717, 1.165) is 11.1 Å². The highest BCUT2D eigenvalue weighted by atomic mass is 19.3. The first kappa shape index (κ1) is 20.3. The molecular formula is C24H21F2NO2. The van der Waals surface area contributed by atoms with Gasteiger partial charge in [0.05, 0.1) is 6.04 Å². The summed E-state index contributed by atoms with van der Waals surface area (Å²) in [4.78, 5) is 13.0. The van der Waals surface area contributed by atoms with E-state index in [-0.39, 0.29) is 17.7 Å². The average molecular weight is 393 g/mol. The number of halogens is 2. The zero-order valence-electron chi connectivity index (χ0n) is 15.9. The van der Waals surface area contributed by atoms with Crippen molar-refractivity contribution in [2.24, 2.45) is 0 Å². The van der Waals surface area contributed by atoms with Gasteiger partial charge in [0.15, 0.2) is 0 Å². The third kappa shape index (κ3) is 5.75. The molecule has 1 amide bonds. The summed E-state index contributed by atoms with van der Waals surface area (Å²) in [6, 6.07) is 25.0. The van der Waals surface area contributed by atoms with Gasteiger partial charge in [-0.2, -0.15) is 8.78 Å². The number of ether oxygens (including phenoxy) is 1. The van der Waals surface area contributed by atoms with Crippen molar-refractivity contribution in [3.63, 3.8) is 0 Å². The van der Waals surface area contributed by atoms with Gasteiger partial charge in [0, 0.05) is 5.57 Å². The molecule has 0 fully saturated rings. The Morgan fingerprint density at radius 1 is 0.897 bits per heavy atom. The van der Waals surface area contributed by atoms with Crippen molar-refractivity contribution < 1.29 is 18.3 Å². The summed E-state index contributed by atoms with van der Waals surface area (Å²) in [5.41, 5.74) is 2.95. The van der Waals surface area contributed by atoms with Crippen LogP contribution >= 0.6 is 0 Å². The molecule has 1 N–H and O–H groups in total. The summed E-state index contributed by atoms with van der Waals surface area (Å²) in [7, 11) is 0. The van der Waals surface area contributed by atoms with E-state index in [4.69, 9.17) is 0 Å². The topological polar surface area (TPSA) is 38.3 Å². The monoisotopic (exact) mass is 393 g/mol. The van der Waals surface area contributed by atoms with Gasteiger partial charge in [-0.15, -0.1) is 0 Å². The number of carbonyl (C=O) groups excluding carboxylic acids is 1. The molecule has 0 aliphatic rings. The first-order chi connectivity index (χ1) is 14.0. The Morgan fingerprint density at radius 3 is 2.07 bits per heavy atom. The molecular weight excluding hydrogens is 372 g/mol. The second-order valence-electron chi connectivity index (χ2n) is 6.48. The fourth-order valence-corrected chi connectivity index (χ4v) is 2.91. The van der Waals surface area contributed by atoms with Gasteiger partial charge in [-0.05, 0) is 41.8 Å². The summed E-state index contributed by atoms with van der Waals surface area (Å²) in [6.45, 7) is -0.951. The first-order valence-corrected chi connectivity index (χ1v) is 9.21. The average Bonchev–Trinajstić information content (AvgIpc) is 2.74. The number of amides is 1. The molecule has 0 spiro atoms. The standard InChI is InChI=1S/C24H21F2NO2/c1-17(19-8-4-2-5-9-19)27-23(28)22(20-10-6-3-7-11-20)16-18-12-14-21(15-13-18)29-24(25)26/h2-17,24H,1H3,(H,27,28)/b22-16+. The predicted octanol–water partition coefficient (Wildman–Crippen LogP) is 5.71. The quantitative estimate of drug-likeness (QED) is 0.413. The maximum Gasteiger partial charge on any atom is 0.387 e. The van der Waals surface area contributed by atoms with Crippen LogP contribution in [0.15, 0.2) is 84.9 Å². The lowest BCUT2D eigenvalue weighted by molar-refractivity contribution is -0.116. The molecule has 0 aliphatic carbocycles. The van der Waals surface area contributed by atoms with Crippen molar-refractivity contribution in [1.29, 1.82) is 0 Å². The molecule has 1 atom stereocenters. The molecule has 3 rings (SSSR count). The Balaban J connectivity index is 1.87. The fraction of sp³-hybridized carbons (Fsp3) is 0.125. The minimum Gasteiger partial charge on any atom is -0.435 e. The van der Waals surface area contributed by atoms with E-state index in [1.165, 1.54) is 12.1 Å². The zero-order chi connectivity index (χ0) is 20.6. The van der Waals surface area contributed by atoms with Gasteiger partial charge in [-0.25, -0.2) is 0 Å². The van der Waals surface area contributed by atoms with Gasteiger partial charge in [0.2, 0.25) is 0 Å². The number of alkyl halides is 2. The van der Waals surface area contributed by atoms with Gasteiger partial charge in [-0.1, -0.05) is 72.8 Å². The van der Waals surface area contributed by atoms with Crippen LogP contribution in [0.2, 0.25) is 0 Å². The number of rotatable bonds is 7. The molecule has 0 bridgehead atoms. The summed E-state index contributed by atoms with van der Waals surface area (Å²) < 4.78 is 29.0. The summed E-state index contributed by atoms with van der Waals surface area (Å²) >= 11 is 0. The molecule has 3 aromatic carbocycles. The normalized spacial score (nSPS) is 12.5. The molecule has 0 saturated heterocycles. The van der Waals surface area contributed by atoms with Gasteiger partial charge in [-0.3, -0.25) is 4.79 Å². The van der Waals surface area contributed by atoms with Crippen molar-refractivity contribution in [2.75, 3.05) is 0 Å². The second-order valence-corrected chi connectivity index (χ2v) is 6.48. The van der Waals surface area contributed by atoms with Crippen LogP contribution in [0.1, 0.15) is 29.7 Å². The van der Waals surface area contributed by atoms with E-state index >= 15 is 0 Å². The summed E-state index contributed by atoms with van der Waals surface area (Å²) in [5, 5.41) is 3.02. The van der Waals surface area contributed by atoms with Crippen molar-refractivity contribution in [1.82, 2.24) is 5.32 Å². The highest BCUT2D eigenvalue weighted by molar-refractivity contribution is 6.24. The van der Waals surface area contributed by atoms with Crippen LogP contribution in [0.3, 0.4) is 0 Å². The smallest absolute Gasteiger partial charge is 0.387 e. The Hall–Kier alpha value is -3.47. The number of benzene rings is 3. The number of hydrogen-bond donors (Lipinski definition) is 1. The Labute approximate surface area is 168 Å². The minimum absolute atomic E-state index is 0.0700. The Kier molecular flexibility index (Phi) is 6.74. The highest BCUT2D eigenvalue weighted by Gasteiger charge is 2.15. The lowest BCUT2D eigenvalue weighted by Crippen LogP contribution is -2.27. The van der Waals surface area contributed by atoms with Crippen molar-refractivity contribution in [3.8, 4) is 5.75 Å². The van der Waals surface area contributed by atoms with Gasteiger partial charge in [0.25, 0.3) is 5.91 Å². The Bertz CT molecular complexity index is 955. The molecule has 29 heavy (non-hydrogen) atoms. The van der Waals surface area contributed by atoms with E-state index in [0.29, 0.717) is 11.1 Å². The van der Waals surface area contributed by atoms with Crippen molar-refractivity contribution >= 4 is 17.6 Å². The molecule has 0 heterocycles. The van der Waals surface area contributed by atoms with Crippen LogP contribution in [0.4, 0.5) is 8.78 Å². The first-order valence-electron chi connectivity index (χ1n) is 9.21. The lowest BCUT2D eigenvalue weighted by atomic mass is 10.0. The molecule has 0 aliphatic heterocycles. The molecule has 148 valence electrons. The minimum atomic E-state index is -2.87. The third-order valence-electron chi connectivity index (χ3n) is 4.39. The largest absolute Gasteiger partial charge is 0.435 e. The van der Waals surface area contributed by atoms with E-state index in [1.54, 1.807) is 18.2 Å². The van der Waals surface area contributed by atoms with Crippen LogP contribution < -0.4 is 10.1 Å². The maximum atomic E-state index is 13.0. The summed E-state index contributed by atoms with van der Waals surface area (Å²) in [5.74, 6) is -0.152. The van der Waals surface area contributed by atoms with Crippen LogP contribution in [0.5, 0.6) is 5.75 Å². The van der Waals surface area contributed by atoms with Crippen molar-refractivity contribution in [3.05, 3.63) is 102 Å². The van der Waals surface area contributed by atoms with Crippen LogP contribution in [0.25, 0.3) is 11.6 Å². The number of hydrogen-bond acceptors (Lipinski definition) is 2. The molecule has 1 unspecified atom stereocenters. The van der Waals surface area contributed by atoms with E-state index < -0.39 is 6.61 Å². The molecule has 3 aromatic rings. The molecule has 0 saturated carbocycles. The molecule has 0 aromatic heterocycles. The second kappa shape index (κ2) is 9.64. The van der Waals surface area contributed by atoms with Gasteiger partial charge in [0.1, 0.15) is 5.75 Å². The molecule has 3 nitrogen and oxygen atoms in total. The van der Waals surface area contributed by atoms with Crippen LogP contribution in [-0.4, -0.2) is 12.5 Å². The van der Waals surface area contributed by atoms with E-state index in [1.807, 2.05) is 67.6 Å². The molecule has 5 heteroatoms. The predicted molar refractivity (Wildman–Crippen MR) is 110 cm³/mol. The van der Waals surface area contributed by atoms with Gasteiger partial charge < -0.3 is 10.1 Å². The van der Waals surface area contributed by atoms with E-state index in [2.05, 4.69) is 10.1 Å². The van der Waals surface area contributed by atoms with Crippen LogP contribution in [0, 0.1) is 0 Å². The Morgan fingerprint density at radius 2 is 1.48 bits per heavy atom. The fourth-order valence-electron chi connectivity index (χ4n) is 2.91. The third-order valence-corrected chi connectivity index (χ3v) is 4.39. The SMILES string of the molecule is CC(NC(=O)/C(=C/c1ccc(OC(F)F)cc1)c1ccccc1)c1ccccc1. The number of carbonyl (C=O) groups is 1. The summed E-state index contributed by atoms with van der Waals surface area (Å²) in [6.07, 6.45) is 1.73. The van der Waals surface area contributed by atoms with Gasteiger partial charge >= 0.3 is 6.61 Å². The zero-order valence-corrected chi connectivity index (χ0v) is 15.9. The maximum absolute atomic E-state index is 13.0. The number of nitrogens with one attached hydrogen (secondary N) is 1. The highest BCUT2D eigenvalue weighted by Crippen LogP contribution is 2.22. The lowest BCUT2D eigenvalue weighted by Gasteiger charge is -2.16. The van der Waals surface area contributed by atoms with Crippen LogP contribution in [-0.2, 0) is 4.79 Å². The van der Waals surface area contributed by atoms with Crippen molar-refractivity contribution in [2.45, 2.75) is 19.6 Å². The molecule has 0 radical (unpaired) electrons.